The van der Waals surface area contributed by atoms with E-state index in [0.29, 0.717) is 26.1 Å². The van der Waals surface area contributed by atoms with E-state index < -0.39 is 29.9 Å². The zero-order valence-corrected chi connectivity index (χ0v) is 58.5. The second kappa shape index (κ2) is 34.6. The molecule has 0 saturated carbocycles. The third-order valence-corrected chi connectivity index (χ3v) is 17.5. The molecule has 0 aliphatic carbocycles. The van der Waals surface area contributed by atoms with E-state index in [0.717, 1.165) is 80.5 Å². The highest BCUT2D eigenvalue weighted by Gasteiger charge is 2.20. The molecule has 8 heterocycles. The Hall–Kier alpha value is -9.69. The van der Waals surface area contributed by atoms with Crippen molar-refractivity contribution >= 4 is 134 Å². The largest absolute Gasteiger partial charge is 0.507 e. The van der Waals surface area contributed by atoms with Crippen LogP contribution in [0.3, 0.4) is 0 Å². The number of carbonyl (C=O) groups excluding carboxylic acids is 2. The van der Waals surface area contributed by atoms with Crippen LogP contribution in [0.2, 0.25) is 0 Å². The van der Waals surface area contributed by atoms with Gasteiger partial charge in [0.25, 0.3) is 11.1 Å². The molecule has 6 aromatic carbocycles. The van der Waals surface area contributed by atoms with Gasteiger partial charge in [-0.05, 0) is 76.1 Å². The molecule has 0 fully saturated rings. The predicted molar refractivity (Wildman–Crippen MR) is 392 cm³/mol. The number of halogens is 5. The maximum Gasteiger partial charge on any atom is 0.507 e. The first-order valence-electron chi connectivity index (χ1n) is 28.3. The van der Waals surface area contributed by atoms with Crippen molar-refractivity contribution in [3.8, 4) is 76.7 Å². The number of nitrogens with one attached hydrogen (secondary N) is 1. The molecular weight excluding hydrogens is 1450 g/mol. The molecule has 0 unspecified atom stereocenters. The van der Waals surface area contributed by atoms with E-state index in [1.54, 1.807) is 60.8 Å². The zero-order chi connectivity index (χ0) is 67.5. The van der Waals surface area contributed by atoms with Crippen LogP contribution in [0.5, 0.6) is 0 Å². The summed E-state index contributed by atoms with van der Waals surface area (Å²) in [6.45, 7) is 0. The smallest absolute Gasteiger partial charge is 0.422 e. The Morgan fingerprint density at radius 1 is 0.469 bits per heavy atom. The Kier molecular flexibility index (Phi) is 26.0. The number of nitrogens with zero attached hydrogens (tertiary/aromatic N) is 12. The van der Waals surface area contributed by atoms with Crippen molar-refractivity contribution in [3.63, 3.8) is 0 Å². The van der Waals surface area contributed by atoms with Gasteiger partial charge in [0.1, 0.15) is 11.6 Å². The number of nitrogen functional groups attached to an aromatic ring is 3. The number of rotatable bonds is 11. The lowest BCUT2D eigenvalue weighted by atomic mass is 9.85. The normalized spacial score (nSPS) is 10.3. The summed E-state index contributed by atoms with van der Waals surface area (Å²) in [7, 11) is 5.91. The summed E-state index contributed by atoms with van der Waals surface area (Å²) in [6, 6.07) is 58.9. The first-order chi connectivity index (χ1) is 45.8. The van der Waals surface area contributed by atoms with Crippen LogP contribution in [0.15, 0.2) is 223 Å². The van der Waals surface area contributed by atoms with Crippen molar-refractivity contribution in [1.29, 1.82) is 0 Å². The van der Waals surface area contributed by atoms with Crippen molar-refractivity contribution in [2.24, 2.45) is 28.2 Å². The molecule has 0 spiro atoms. The van der Waals surface area contributed by atoms with Crippen LogP contribution >= 0.6 is 89.9 Å². The highest BCUT2D eigenvalue weighted by Crippen LogP contribution is 2.34. The van der Waals surface area contributed by atoms with Crippen LogP contribution in [0.1, 0.15) is 20.7 Å². The number of hydrogen-bond acceptors (Lipinski definition) is 19. The van der Waals surface area contributed by atoms with Gasteiger partial charge in [0.15, 0.2) is 20.5 Å². The summed E-state index contributed by atoms with van der Waals surface area (Å²) in [5.74, 6) is -1.67. The molecule has 0 atom stereocenters. The molecule has 9 N–H and O–H groups in total. The number of benzene rings is 6. The quantitative estimate of drug-likeness (QED) is 0.0518. The summed E-state index contributed by atoms with van der Waals surface area (Å²) < 4.78 is 34.2. The SMILES string of the molecule is Br.Cn1nc(-c2ccccc2)cc1-c1cnc(N)s1.Cn1nc(-c2ccccc2)cc1-c1cnc(N)s1.Cn1nc(-c2ccccc2)cc1-c1cnc(NC(=O)c2ccccc2F)s1.Cn1nc(-c2ccccc2)cc1B(O)O.Nc1ncc(Br)s1.O=C(Cl)c1ccccc1F. The van der Waals surface area contributed by atoms with Crippen molar-refractivity contribution in [3.05, 3.63) is 245 Å². The van der Waals surface area contributed by atoms with E-state index in [-0.39, 0.29) is 28.1 Å². The van der Waals surface area contributed by atoms with E-state index in [2.05, 4.69) is 73.7 Å². The molecule has 0 saturated heterocycles. The van der Waals surface area contributed by atoms with Crippen LogP contribution in [-0.4, -0.2) is 87.4 Å². The average molecular weight is 1510 g/mol. The van der Waals surface area contributed by atoms with Gasteiger partial charge >= 0.3 is 7.12 Å². The minimum Gasteiger partial charge on any atom is -0.422 e. The van der Waals surface area contributed by atoms with Crippen LogP contribution < -0.4 is 28.1 Å². The van der Waals surface area contributed by atoms with E-state index in [4.69, 9.17) is 38.8 Å². The third-order valence-electron chi connectivity index (χ3n) is 13.3. The van der Waals surface area contributed by atoms with Crippen LogP contribution in [-0.2, 0) is 28.2 Å². The second-order valence-corrected chi connectivity index (χ2v) is 25.8. The van der Waals surface area contributed by atoms with Gasteiger partial charge in [-0.2, -0.15) is 20.4 Å². The fraction of sp³-hybridized carbons (Fsp3) is 0.0606. The molecule has 0 aliphatic heterocycles. The lowest BCUT2D eigenvalue weighted by Gasteiger charge is -2.02. The Morgan fingerprint density at radius 2 is 0.802 bits per heavy atom. The van der Waals surface area contributed by atoms with E-state index in [1.165, 1.54) is 80.4 Å². The summed E-state index contributed by atoms with van der Waals surface area (Å²) >= 11 is 13.9. The van der Waals surface area contributed by atoms with Crippen molar-refractivity contribution in [2.45, 2.75) is 0 Å². The van der Waals surface area contributed by atoms with Crippen molar-refractivity contribution < 1.29 is 28.4 Å². The molecule has 20 nitrogen and oxygen atoms in total. The van der Waals surface area contributed by atoms with E-state index >= 15 is 0 Å². The van der Waals surface area contributed by atoms with E-state index in [1.807, 2.05) is 158 Å². The molecule has 14 aromatic rings. The van der Waals surface area contributed by atoms with Gasteiger partial charge in [-0.3, -0.25) is 33.6 Å². The molecule has 30 heteroatoms. The number of anilines is 4. The molecule has 14 rings (SSSR count). The first-order valence-corrected chi connectivity index (χ1v) is 32.7. The van der Waals surface area contributed by atoms with Crippen LogP contribution in [0, 0.1) is 11.6 Å². The molecule has 0 aliphatic rings. The Balaban J connectivity index is 0.000000153. The van der Waals surface area contributed by atoms with Gasteiger partial charge in [-0.1, -0.05) is 191 Å². The standard InChI is InChI=1S/C20H15FN4OS.2C13H12N4S.C10H11BN2O2.C7H4ClFO.C3H3BrN2S.BrH/c1-25-17(11-16(24-25)13-7-3-2-4-8-13)18-12-22-20(27-18)23-19(26)14-9-5-6-10-15(14)21;2*1-17-11(12-8-15-13(14)18-12)7-10(16-17)9-5-3-2-4-6-9;1-13-10(11(14)15)7-9(12-13)8-5-3-2-4-6-8;8-7(10)5-3-1-2-4-6(5)9;4-2-1-6-3(5)7-2;/h2-12H,1H3,(H,22,23,26);2*2-8H,1H3,(H2,14,15);2-7,14-15H,1H3;1-4H;1H,(H2,5,6);1H. The Labute approximate surface area is 590 Å². The van der Waals surface area contributed by atoms with Crippen LogP contribution in [0.25, 0.3) is 76.7 Å². The molecule has 96 heavy (non-hydrogen) atoms. The maximum absolute atomic E-state index is 13.7. The van der Waals surface area contributed by atoms with Crippen LogP contribution in [0.4, 0.5) is 29.3 Å². The first kappa shape index (κ1) is 72.1. The molecular formula is C66H58BBr2ClF2N16O4S4. The van der Waals surface area contributed by atoms with E-state index in [9.17, 15) is 18.4 Å². The second-order valence-electron chi connectivity index (χ2n) is 19.9. The van der Waals surface area contributed by atoms with Gasteiger partial charge in [0.2, 0.25) is 0 Å². The predicted octanol–water partition coefficient (Wildman–Crippen LogP) is 14.2. The average Bonchev–Trinajstić information content (AvgIpc) is 1.69. The molecule has 0 radical (unpaired) electrons. The van der Waals surface area contributed by atoms with Crippen molar-refractivity contribution in [2.75, 3.05) is 22.5 Å². The number of thiazole rings is 4. The number of amides is 1. The lowest BCUT2D eigenvalue weighted by molar-refractivity contribution is 0.102. The summed E-state index contributed by atoms with van der Waals surface area (Å²) in [5.41, 5.74) is 27.5. The number of aryl methyl sites for hydroxylation is 4. The third kappa shape index (κ3) is 19.7. The lowest BCUT2D eigenvalue weighted by Crippen LogP contribution is -2.35. The fourth-order valence-corrected chi connectivity index (χ4v) is 12.3. The highest BCUT2D eigenvalue weighted by molar-refractivity contribution is 9.11. The minimum atomic E-state index is -1.49. The van der Waals surface area contributed by atoms with Gasteiger partial charge in [0.05, 0.1) is 81.2 Å². The highest BCUT2D eigenvalue weighted by atomic mass is 79.9. The Morgan fingerprint density at radius 3 is 1.11 bits per heavy atom. The molecule has 1 amide bonds. The molecule has 488 valence electrons. The topological polar surface area (TPSA) is 288 Å². The van der Waals surface area contributed by atoms with Gasteiger partial charge < -0.3 is 27.2 Å². The monoisotopic (exact) mass is 1510 g/mol. The molecule has 8 aromatic heterocycles. The number of nitrogens with two attached hydrogens (primary N) is 3. The summed E-state index contributed by atoms with van der Waals surface area (Å²) in [6.07, 6.45) is 6.92. The fourth-order valence-electron chi connectivity index (χ4n) is 8.78. The molecule has 0 bridgehead atoms. The van der Waals surface area contributed by atoms with Crippen molar-refractivity contribution in [1.82, 2.24) is 59.1 Å². The van der Waals surface area contributed by atoms with Gasteiger partial charge in [-0.25, -0.2) is 28.7 Å². The summed E-state index contributed by atoms with van der Waals surface area (Å²) in [4.78, 5) is 41.7. The Bertz CT molecular complexity index is 4660. The maximum atomic E-state index is 13.7. The number of aromatic nitrogens is 12. The van der Waals surface area contributed by atoms with Gasteiger partial charge in [0, 0.05) is 69.0 Å². The number of hydrogen-bond donors (Lipinski definition) is 6. The van der Waals surface area contributed by atoms with Gasteiger partial charge in [-0.15, -0.1) is 17.0 Å². The zero-order valence-electron chi connectivity index (χ0n) is 51.2. The minimum absolute atomic E-state index is 0. The number of carbonyl (C=O) groups is 2. The summed E-state index contributed by atoms with van der Waals surface area (Å²) in [5, 5.41) is 39.9.